The number of nitrogens with zero attached hydrogens (tertiary/aromatic N) is 3. The van der Waals surface area contributed by atoms with Crippen LogP contribution in [0.3, 0.4) is 0 Å². The molecular weight excluding hydrogens is 464 g/mol. The molecule has 1 fully saturated rings. The van der Waals surface area contributed by atoms with E-state index in [1.807, 2.05) is 0 Å². The number of hydrogen-bond donors (Lipinski definition) is 2. The lowest BCUT2D eigenvalue weighted by molar-refractivity contribution is -0.144. The molecule has 1 aliphatic rings. The minimum Gasteiger partial charge on any atom is -0.391 e. The smallest absolute Gasteiger partial charge is 0.391 e. The van der Waals surface area contributed by atoms with Crippen molar-refractivity contribution in [1.82, 2.24) is 19.7 Å². The van der Waals surface area contributed by atoms with Crippen LogP contribution < -0.4 is 5.32 Å². The summed E-state index contributed by atoms with van der Waals surface area (Å²) in [4.78, 5) is 13.0. The first-order chi connectivity index (χ1) is 15.6. The summed E-state index contributed by atoms with van der Waals surface area (Å²) in [6, 6.07) is 4.60. The number of nitrogens with one attached hydrogen (secondary N) is 1. The fourth-order valence-corrected chi connectivity index (χ4v) is 4.08. The molecule has 11 heteroatoms. The maximum atomic E-state index is 14.6. The molecule has 0 saturated heterocycles. The van der Waals surface area contributed by atoms with Crippen LogP contribution in [0.5, 0.6) is 0 Å². The first kappa shape index (κ1) is 23.3. The van der Waals surface area contributed by atoms with Gasteiger partial charge >= 0.3 is 12.2 Å². The van der Waals surface area contributed by atoms with E-state index < -0.39 is 36.4 Å². The molecular formula is C22H21ClF4N4O2. The standard InChI is InChI=1S/C22H21ClF4N4O2/c1-12(32)10-31-20(22(25,26)27)15(9-28-31)18-8-13(19-16(23)6-3-7-17(19)24)11-30(18)21(33)29-14-4-2-5-14/h3,6-9,11-12,14,32H,2,4-5,10H2,1H3,(H,29,33)/t12-/m1/s1. The number of halogens is 5. The van der Waals surface area contributed by atoms with Crippen LogP contribution in [-0.2, 0) is 12.7 Å². The minimum atomic E-state index is -4.82. The van der Waals surface area contributed by atoms with Gasteiger partial charge in [-0.3, -0.25) is 9.25 Å². The predicted octanol–water partition coefficient (Wildman–Crippen LogP) is 5.32. The Labute approximate surface area is 191 Å². The summed E-state index contributed by atoms with van der Waals surface area (Å²) in [6.45, 7) is 0.949. The molecule has 3 aromatic rings. The van der Waals surface area contributed by atoms with Crippen molar-refractivity contribution in [1.29, 1.82) is 0 Å². The normalized spacial score (nSPS) is 15.4. The van der Waals surface area contributed by atoms with E-state index in [1.165, 1.54) is 37.4 Å². The van der Waals surface area contributed by atoms with Crippen LogP contribution in [0.15, 0.2) is 36.7 Å². The Morgan fingerprint density at radius 3 is 2.67 bits per heavy atom. The van der Waals surface area contributed by atoms with E-state index in [1.54, 1.807) is 0 Å². The van der Waals surface area contributed by atoms with E-state index in [0.29, 0.717) is 4.68 Å². The van der Waals surface area contributed by atoms with E-state index in [-0.39, 0.29) is 33.4 Å². The van der Waals surface area contributed by atoms with Crippen molar-refractivity contribution in [3.8, 4) is 22.4 Å². The average Bonchev–Trinajstić information content (AvgIpc) is 3.28. The molecule has 0 unspecified atom stereocenters. The maximum absolute atomic E-state index is 14.6. The average molecular weight is 485 g/mol. The highest BCUT2D eigenvalue weighted by Gasteiger charge is 2.40. The van der Waals surface area contributed by atoms with Gasteiger partial charge < -0.3 is 10.4 Å². The Kier molecular flexibility index (Phi) is 6.24. The Bertz CT molecular complexity index is 1160. The summed E-state index contributed by atoms with van der Waals surface area (Å²) in [5, 5.41) is 16.2. The van der Waals surface area contributed by atoms with Crippen molar-refractivity contribution in [2.75, 3.05) is 0 Å². The Balaban J connectivity index is 1.89. The molecule has 0 radical (unpaired) electrons. The number of carbonyl (C=O) groups excluding carboxylic acids is 1. The molecule has 6 nitrogen and oxygen atoms in total. The number of hydrogen-bond acceptors (Lipinski definition) is 3. The van der Waals surface area contributed by atoms with Crippen LogP contribution in [-0.4, -0.2) is 37.6 Å². The van der Waals surface area contributed by atoms with E-state index >= 15 is 0 Å². The minimum absolute atomic E-state index is 0.0273. The van der Waals surface area contributed by atoms with Gasteiger partial charge in [0.1, 0.15) is 5.82 Å². The van der Waals surface area contributed by atoms with Gasteiger partial charge in [0.2, 0.25) is 0 Å². The molecule has 1 aliphatic carbocycles. The highest BCUT2D eigenvalue weighted by Crippen LogP contribution is 2.40. The first-order valence-corrected chi connectivity index (χ1v) is 10.7. The zero-order valence-corrected chi connectivity index (χ0v) is 18.3. The molecule has 176 valence electrons. The largest absolute Gasteiger partial charge is 0.433 e. The number of aliphatic hydroxyl groups excluding tert-OH is 1. The van der Waals surface area contributed by atoms with Gasteiger partial charge in [-0.15, -0.1) is 0 Å². The molecule has 4 rings (SSSR count). The summed E-state index contributed by atoms with van der Waals surface area (Å²) >= 11 is 6.16. The summed E-state index contributed by atoms with van der Waals surface area (Å²) < 4.78 is 58.3. The van der Waals surface area contributed by atoms with E-state index in [0.717, 1.165) is 30.0 Å². The molecule has 1 atom stereocenters. The lowest BCUT2D eigenvalue weighted by Gasteiger charge is -2.26. The number of amides is 1. The molecule has 1 aromatic carbocycles. The molecule has 0 spiro atoms. The first-order valence-electron chi connectivity index (χ1n) is 10.4. The second kappa shape index (κ2) is 8.83. The van der Waals surface area contributed by atoms with Crippen molar-refractivity contribution in [3.63, 3.8) is 0 Å². The number of rotatable bonds is 5. The van der Waals surface area contributed by atoms with Crippen LogP contribution in [0.2, 0.25) is 5.02 Å². The third kappa shape index (κ3) is 4.63. The van der Waals surface area contributed by atoms with E-state index in [2.05, 4.69) is 10.4 Å². The zero-order chi connectivity index (χ0) is 23.9. The second-order valence-corrected chi connectivity index (χ2v) is 8.50. The van der Waals surface area contributed by atoms with Crippen LogP contribution in [0.1, 0.15) is 31.9 Å². The molecule has 0 bridgehead atoms. The van der Waals surface area contributed by atoms with Gasteiger partial charge in [-0.2, -0.15) is 18.3 Å². The molecule has 2 N–H and O–H groups in total. The molecule has 1 saturated carbocycles. The summed E-state index contributed by atoms with van der Waals surface area (Å²) in [6.07, 6.45) is -1.16. The number of carbonyl (C=O) groups is 1. The van der Waals surface area contributed by atoms with Gasteiger partial charge in [0.05, 0.1) is 29.6 Å². The van der Waals surface area contributed by atoms with Crippen LogP contribution in [0.4, 0.5) is 22.4 Å². The van der Waals surface area contributed by atoms with Crippen molar-refractivity contribution in [2.45, 2.75) is 51.1 Å². The number of alkyl halides is 3. The molecule has 0 aliphatic heterocycles. The van der Waals surface area contributed by atoms with Crippen LogP contribution >= 0.6 is 11.6 Å². The number of aliphatic hydroxyl groups is 1. The molecule has 2 heterocycles. The zero-order valence-electron chi connectivity index (χ0n) is 17.5. The number of benzene rings is 1. The second-order valence-electron chi connectivity index (χ2n) is 8.09. The van der Waals surface area contributed by atoms with Crippen molar-refractivity contribution >= 4 is 17.6 Å². The quantitative estimate of drug-likeness (QED) is 0.481. The highest BCUT2D eigenvalue weighted by molar-refractivity contribution is 6.33. The molecule has 33 heavy (non-hydrogen) atoms. The van der Waals surface area contributed by atoms with Crippen LogP contribution in [0.25, 0.3) is 22.4 Å². The summed E-state index contributed by atoms with van der Waals surface area (Å²) in [7, 11) is 0. The number of aromatic nitrogens is 3. The lowest BCUT2D eigenvalue weighted by Crippen LogP contribution is -2.41. The van der Waals surface area contributed by atoms with Gasteiger partial charge in [0, 0.05) is 28.9 Å². The van der Waals surface area contributed by atoms with Crippen molar-refractivity contribution < 1.29 is 27.5 Å². The van der Waals surface area contributed by atoms with Gasteiger partial charge in [-0.25, -0.2) is 9.18 Å². The third-order valence-electron chi connectivity index (χ3n) is 5.54. The highest BCUT2D eigenvalue weighted by atomic mass is 35.5. The maximum Gasteiger partial charge on any atom is 0.433 e. The lowest BCUT2D eigenvalue weighted by atomic mass is 9.93. The SMILES string of the molecule is C[C@@H](O)Cn1ncc(-c2cc(-c3c(F)cccc3Cl)cn2C(=O)NC2CCC2)c1C(F)(F)F. The summed E-state index contributed by atoms with van der Waals surface area (Å²) in [5.74, 6) is -0.675. The van der Waals surface area contributed by atoms with E-state index in [9.17, 15) is 27.5 Å². The fraction of sp³-hybridized carbons (Fsp3) is 0.364. The van der Waals surface area contributed by atoms with Crippen molar-refractivity contribution in [3.05, 3.63) is 53.2 Å². The molecule has 2 aromatic heterocycles. The molecule has 1 amide bonds. The Hall–Kier alpha value is -2.85. The van der Waals surface area contributed by atoms with Gasteiger partial charge in [0.25, 0.3) is 0 Å². The van der Waals surface area contributed by atoms with Gasteiger partial charge in [-0.1, -0.05) is 17.7 Å². The van der Waals surface area contributed by atoms with E-state index in [4.69, 9.17) is 11.6 Å². The van der Waals surface area contributed by atoms with Gasteiger partial charge in [-0.05, 0) is 44.4 Å². The Morgan fingerprint density at radius 1 is 1.36 bits per heavy atom. The Morgan fingerprint density at radius 2 is 2.09 bits per heavy atom. The monoisotopic (exact) mass is 484 g/mol. The summed E-state index contributed by atoms with van der Waals surface area (Å²) in [5.41, 5.74) is -1.49. The predicted molar refractivity (Wildman–Crippen MR) is 114 cm³/mol. The topological polar surface area (TPSA) is 72.1 Å². The van der Waals surface area contributed by atoms with Crippen molar-refractivity contribution in [2.24, 2.45) is 0 Å². The third-order valence-corrected chi connectivity index (χ3v) is 5.86. The van der Waals surface area contributed by atoms with Crippen LogP contribution in [0, 0.1) is 5.82 Å². The van der Waals surface area contributed by atoms with Gasteiger partial charge in [0.15, 0.2) is 5.69 Å². The fourth-order valence-electron chi connectivity index (χ4n) is 3.81.